The summed E-state index contributed by atoms with van der Waals surface area (Å²) < 4.78 is 0. The van der Waals surface area contributed by atoms with Crippen molar-refractivity contribution >= 4 is 11.6 Å². The first-order valence-electron chi connectivity index (χ1n) is 6.11. The van der Waals surface area contributed by atoms with Gasteiger partial charge in [-0.1, -0.05) is 39.0 Å². The first-order valence-corrected chi connectivity index (χ1v) is 6.11. The lowest BCUT2D eigenvalue weighted by atomic mass is 10.1. The summed E-state index contributed by atoms with van der Waals surface area (Å²) in [6, 6.07) is 0. The molecule has 0 aliphatic carbocycles. The Labute approximate surface area is 96.8 Å². The van der Waals surface area contributed by atoms with Gasteiger partial charge in [-0.15, -0.1) is 0 Å². The number of carbonyl (C=O) groups is 1. The number of aromatic nitrogens is 2. The molecule has 1 heterocycles. The van der Waals surface area contributed by atoms with Crippen molar-refractivity contribution in [3.8, 4) is 0 Å². The lowest BCUT2D eigenvalue weighted by Crippen LogP contribution is -2.10. The first-order chi connectivity index (χ1) is 7.83. The Hall–Kier alpha value is -1.32. The van der Waals surface area contributed by atoms with Crippen LogP contribution in [0.4, 0.5) is 5.69 Å². The number of rotatable bonds is 8. The smallest absolute Gasteiger partial charge is 0.224 e. The minimum Gasteiger partial charge on any atom is -0.323 e. The van der Waals surface area contributed by atoms with Crippen molar-refractivity contribution in [2.45, 2.75) is 51.9 Å². The fourth-order valence-corrected chi connectivity index (χ4v) is 1.61. The highest BCUT2D eigenvalue weighted by atomic mass is 16.1. The molecule has 1 aromatic rings. The average molecular weight is 223 g/mol. The summed E-state index contributed by atoms with van der Waals surface area (Å²) in [5, 5.41) is 9.22. The quantitative estimate of drug-likeness (QED) is 0.665. The number of H-pyrrole nitrogens is 1. The molecule has 90 valence electrons. The van der Waals surface area contributed by atoms with Crippen LogP contribution < -0.4 is 5.32 Å². The molecule has 0 bridgehead atoms. The fraction of sp³-hybridized carbons (Fsp3) is 0.667. The Morgan fingerprint density at radius 1 is 1.31 bits per heavy atom. The summed E-state index contributed by atoms with van der Waals surface area (Å²) in [6.45, 7) is 2.21. The van der Waals surface area contributed by atoms with Crippen molar-refractivity contribution in [1.82, 2.24) is 10.2 Å². The van der Waals surface area contributed by atoms with Crippen LogP contribution in [0.15, 0.2) is 12.4 Å². The number of anilines is 1. The maximum Gasteiger partial charge on any atom is 0.224 e. The number of amides is 1. The van der Waals surface area contributed by atoms with Gasteiger partial charge in [-0.25, -0.2) is 0 Å². The van der Waals surface area contributed by atoms with Crippen LogP contribution in [0.2, 0.25) is 0 Å². The van der Waals surface area contributed by atoms with Crippen molar-refractivity contribution in [3.05, 3.63) is 12.4 Å². The van der Waals surface area contributed by atoms with E-state index in [1.54, 1.807) is 12.4 Å². The molecule has 0 saturated carbocycles. The van der Waals surface area contributed by atoms with Crippen molar-refractivity contribution in [1.29, 1.82) is 0 Å². The molecular formula is C12H21N3O. The third-order valence-corrected chi connectivity index (χ3v) is 2.54. The zero-order valence-corrected chi connectivity index (χ0v) is 9.96. The number of carbonyl (C=O) groups excluding carboxylic acids is 1. The number of hydrogen-bond donors (Lipinski definition) is 2. The maximum absolute atomic E-state index is 11.4. The summed E-state index contributed by atoms with van der Waals surface area (Å²) in [5.74, 6) is 0.0805. The van der Waals surface area contributed by atoms with Crippen LogP contribution in [0, 0.1) is 0 Å². The second-order valence-corrected chi connectivity index (χ2v) is 4.05. The Morgan fingerprint density at radius 2 is 2.06 bits per heavy atom. The van der Waals surface area contributed by atoms with E-state index in [1.807, 2.05) is 0 Å². The van der Waals surface area contributed by atoms with Gasteiger partial charge in [0, 0.05) is 12.6 Å². The molecule has 1 aromatic heterocycles. The predicted molar refractivity (Wildman–Crippen MR) is 65.2 cm³/mol. The van der Waals surface area contributed by atoms with Crippen LogP contribution in [0.1, 0.15) is 51.9 Å². The van der Waals surface area contributed by atoms with Crippen molar-refractivity contribution in [3.63, 3.8) is 0 Å². The number of unbranched alkanes of at least 4 members (excludes halogenated alkanes) is 5. The number of nitrogens with zero attached hydrogens (tertiary/aromatic N) is 1. The molecular weight excluding hydrogens is 202 g/mol. The van der Waals surface area contributed by atoms with Crippen LogP contribution in [-0.4, -0.2) is 16.1 Å². The second kappa shape index (κ2) is 7.91. The van der Waals surface area contributed by atoms with Gasteiger partial charge >= 0.3 is 0 Å². The van der Waals surface area contributed by atoms with Gasteiger partial charge in [-0.05, 0) is 6.42 Å². The van der Waals surface area contributed by atoms with E-state index in [-0.39, 0.29) is 5.91 Å². The van der Waals surface area contributed by atoms with E-state index in [2.05, 4.69) is 22.4 Å². The van der Waals surface area contributed by atoms with Gasteiger partial charge in [0.1, 0.15) is 0 Å². The molecule has 0 aliphatic rings. The second-order valence-electron chi connectivity index (χ2n) is 4.05. The minimum absolute atomic E-state index is 0.0805. The SMILES string of the molecule is CCCCCCCCC(=O)Nc1cn[nH]c1. The van der Waals surface area contributed by atoms with Crippen molar-refractivity contribution in [2.24, 2.45) is 0 Å². The standard InChI is InChI=1S/C12H21N3O/c1-2-3-4-5-6-7-8-12(16)15-11-9-13-14-10-11/h9-10H,2-8H2,1H3,(H,13,14)(H,15,16). The monoisotopic (exact) mass is 223 g/mol. The number of hydrogen-bond acceptors (Lipinski definition) is 2. The highest BCUT2D eigenvalue weighted by Crippen LogP contribution is 2.08. The molecule has 0 atom stereocenters. The van der Waals surface area contributed by atoms with Gasteiger partial charge in [0.25, 0.3) is 0 Å². The zero-order chi connectivity index (χ0) is 11.6. The van der Waals surface area contributed by atoms with Gasteiger partial charge in [-0.3, -0.25) is 9.89 Å². The summed E-state index contributed by atoms with van der Waals surface area (Å²) in [5.41, 5.74) is 0.746. The van der Waals surface area contributed by atoms with E-state index in [4.69, 9.17) is 0 Å². The van der Waals surface area contributed by atoms with Crippen LogP contribution in [0.3, 0.4) is 0 Å². The summed E-state index contributed by atoms with van der Waals surface area (Å²) >= 11 is 0. The molecule has 0 fully saturated rings. The lowest BCUT2D eigenvalue weighted by Gasteiger charge is -2.02. The van der Waals surface area contributed by atoms with E-state index in [9.17, 15) is 4.79 Å². The van der Waals surface area contributed by atoms with E-state index in [1.165, 1.54) is 25.7 Å². The van der Waals surface area contributed by atoms with Crippen LogP contribution in [0.5, 0.6) is 0 Å². The Morgan fingerprint density at radius 3 is 2.75 bits per heavy atom. The summed E-state index contributed by atoms with van der Waals surface area (Å²) in [4.78, 5) is 11.4. The molecule has 2 N–H and O–H groups in total. The molecule has 4 heteroatoms. The van der Waals surface area contributed by atoms with Crippen LogP contribution in [-0.2, 0) is 4.79 Å². The molecule has 1 rings (SSSR count). The fourth-order valence-electron chi connectivity index (χ4n) is 1.61. The van der Waals surface area contributed by atoms with E-state index in [0.717, 1.165) is 18.5 Å². The van der Waals surface area contributed by atoms with Gasteiger partial charge in [0.2, 0.25) is 5.91 Å². The largest absolute Gasteiger partial charge is 0.323 e. The highest BCUT2D eigenvalue weighted by molar-refractivity contribution is 5.90. The molecule has 16 heavy (non-hydrogen) atoms. The van der Waals surface area contributed by atoms with E-state index >= 15 is 0 Å². The molecule has 0 spiro atoms. The van der Waals surface area contributed by atoms with Crippen LogP contribution in [0.25, 0.3) is 0 Å². The van der Waals surface area contributed by atoms with Gasteiger partial charge < -0.3 is 5.32 Å². The van der Waals surface area contributed by atoms with Gasteiger partial charge in [0.15, 0.2) is 0 Å². The molecule has 0 aliphatic heterocycles. The normalized spacial score (nSPS) is 10.3. The topological polar surface area (TPSA) is 57.8 Å². The Bertz CT molecular complexity index is 282. The summed E-state index contributed by atoms with van der Waals surface area (Å²) in [7, 11) is 0. The zero-order valence-electron chi connectivity index (χ0n) is 9.96. The predicted octanol–water partition coefficient (Wildman–Crippen LogP) is 3.10. The summed E-state index contributed by atoms with van der Waals surface area (Å²) in [6.07, 6.45) is 11.1. The van der Waals surface area contributed by atoms with E-state index in [0.29, 0.717) is 6.42 Å². The Kier molecular flexibility index (Phi) is 6.30. The van der Waals surface area contributed by atoms with Crippen molar-refractivity contribution < 1.29 is 4.79 Å². The number of aromatic amines is 1. The van der Waals surface area contributed by atoms with E-state index < -0.39 is 0 Å². The lowest BCUT2D eigenvalue weighted by molar-refractivity contribution is -0.116. The molecule has 0 unspecified atom stereocenters. The van der Waals surface area contributed by atoms with Crippen LogP contribution >= 0.6 is 0 Å². The minimum atomic E-state index is 0.0805. The number of nitrogens with one attached hydrogen (secondary N) is 2. The van der Waals surface area contributed by atoms with Crippen molar-refractivity contribution in [2.75, 3.05) is 5.32 Å². The van der Waals surface area contributed by atoms with Gasteiger partial charge in [0.05, 0.1) is 11.9 Å². The third kappa shape index (κ3) is 5.53. The van der Waals surface area contributed by atoms with Gasteiger partial charge in [-0.2, -0.15) is 5.10 Å². The Balaban J connectivity index is 1.98. The molecule has 1 amide bonds. The molecule has 4 nitrogen and oxygen atoms in total. The molecule has 0 aromatic carbocycles. The highest BCUT2D eigenvalue weighted by Gasteiger charge is 2.02. The average Bonchev–Trinajstić information content (AvgIpc) is 2.76. The third-order valence-electron chi connectivity index (χ3n) is 2.54. The molecule has 0 saturated heterocycles. The maximum atomic E-state index is 11.4. The molecule has 0 radical (unpaired) electrons. The first kappa shape index (κ1) is 12.7.